The second kappa shape index (κ2) is 5.44. The molecule has 2 aliphatic rings. The van der Waals surface area contributed by atoms with Gasteiger partial charge in [-0.05, 0) is 31.9 Å². The highest BCUT2D eigenvalue weighted by molar-refractivity contribution is 6.11. The Labute approximate surface area is 128 Å². The Morgan fingerprint density at radius 1 is 1.23 bits per heavy atom. The summed E-state index contributed by atoms with van der Waals surface area (Å²) in [5.74, 6) is -0.643. The molecule has 6 heteroatoms. The highest BCUT2D eigenvalue weighted by atomic mass is 16.2. The molecule has 1 saturated carbocycles. The first-order valence-electron chi connectivity index (χ1n) is 7.55. The van der Waals surface area contributed by atoms with Crippen LogP contribution in [0, 0.1) is 0 Å². The zero-order valence-corrected chi connectivity index (χ0v) is 12.5. The average molecular weight is 301 g/mol. The van der Waals surface area contributed by atoms with Gasteiger partial charge in [-0.25, -0.2) is 9.69 Å². The van der Waals surface area contributed by atoms with Crippen LogP contribution in [0.15, 0.2) is 30.3 Å². The molecule has 1 unspecified atom stereocenters. The van der Waals surface area contributed by atoms with Crippen LogP contribution >= 0.6 is 0 Å². The molecule has 1 aromatic rings. The van der Waals surface area contributed by atoms with Gasteiger partial charge in [0.15, 0.2) is 0 Å². The van der Waals surface area contributed by atoms with Gasteiger partial charge in [0.2, 0.25) is 5.91 Å². The quantitative estimate of drug-likeness (QED) is 0.837. The van der Waals surface area contributed by atoms with E-state index in [2.05, 4.69) is 10.6 Å². The van der Waals surface area contributed by atoms with E-state index in [1.807, 2.05) is 18.2 Å². The van der Waals surface area contributed by atoms with Gasteiger partial charge in [-0.1, -0.05) is 31.0 Å². The normalized spacial score (nSPS) is 21.0. The summed E-state index contributed by atoms with van der Waals surface area (Å²) in [4.78, 5) is 38.1. The average Bonchev–Trinajstić information content (AvgIpc) is 3.06. The number of hydrogen-bond acceptors (Lipinski definition) is 3. The van der Waals surface area contributed by atoms with E-state index in [0.717, 1.165) is 17.7 Å². The highest BCUT2D eigenvalue weighted by Gasteiger charge is 2.54. The lowest BCUT2D eigenvalue weighted by Crippen LogP contribution is -2.48. The summed E-state index contributed by atoms with van der Waals surface area (Å²) in [5, 5.41) is 5.51. The van der Waals surface area contributed by atoms with E-state index >= 15 is 0 Å². The number of carbonyl (C=O) groups is 3. The molecule has 2 N–H and O–H groups in total. The smallest absolute Gasteiger partial charge is 0.324 e. The summed E-state index contributed by atoms with van der Waals surface area (Å²) in [7, 11) is 0. The third-order valence-corrected chi connectivity index (χ3v) is 4.46. The molecule has 22 heavy (non-hydrogen) atoms. The molecule has 0 bridgehead atoms. The van der Waals surface area contributed by atoms with Crippen molar-refractivity contribution in [1.29, 1.82) is 0 Å². The lowest BCUT2D eigenvalue weighted by atomic mass is 9.97. The number of anilines is 1. The van der Waals surface area contributed by atoms with E-state index in [1.165, 1.54) is 0 Å². The fraction of sp³-hybridized carbons (Fsp3) is 0.438. The molecule has 4 amide bonds. The number of nitrogens with zero attached hydrogens (tertiary/aromatic N) is 1. The van der Waals surface area contributed by atoms with Crippen molar-refractivity contribution in [2.75, 3.05) is 5.32 Å². The van der Waals surface area contributed by atoms with Crippen molar-refractivity contribution in [1.82, 2.24) is 10.2 Å². The number of amides is 4. The summed E-state index contributed by atoms with van der Waals surface area (Å²) in [6.45, 7) is 1.57. The predicted octanol–water partition coefficient (Wildman–Crippen LogP) is 1.88. The maximum Gasteiger partial charge on any atom is 0.325 e. The van der Waals surface area contributed by atoms with E-state index < -0.39 is 17.6 Å². The first-order chi connectivity index (χ1) is 10.5. The summed E-state index contributed by atoms with van der Waals surface area (Å²) >= 11 is 0. The van der Waals surface area contributed by atoms with Crippen LogP contribution in [0.2, 0.25) is 0 Å². The van der Waals surface area contributed by atoms with E-state index in [9.17, 15) is 14.4 Å². The summed E-state index contributed by atoms with van der Waals surface area (Å²) < 4.78 is 0. The molecule has 0 radical (unpaired) electrons. The van der Waals surface area contributed by atoms with Gasteiger partial charge in [-0.2, -0.15) is 0 Å². The zero-order chi connectivity index (χ0) is 15.7. The largest absolute Gasteiger partial charge is 0.325 e. The second-order valence-electron chi connectivity index (χ2n) is 5.93. The Hall–Kier alpha value is -2.37. The first kappa shape index (κ1) is 14.6. The molecule has 1 spiro atoms. The minimum Gasteiger partial charge on any atom is -0.324 e. The van der Waals surface area contributed by atoms with Gasteiger partial charge >= 0.3 is 6.03 Å². The number of para-hydroxylation sites is 1. The number of hydrogen-bond donors (Lipinski definition) is 2. The van der Waals surface area contributed by atoms with Crippen LogP contribution in [0.5, 0.6) is 0 Å². The molecule has 1 aromatic carbocycles. The number of nitrogens with one attached hydrogen (secondary N) is 2. The van der Waals surface area contributed by atoms with Crippen molar-refractivity contribution in [3.63, 3.8) is 0 Å². The Morgan fingerprint density at radius 2 is 1.86 bits per heavy atom. The Kier molecular flexibility index (Phi) is 3.60. The lowest BCUT2D eigenvalue weighted by molar-refractivity contribution is -0.136. The second-order valence-corrected chi connectivity index (χ2v) is 5.93. The molecule has 1 atom stereocenters. The summed E-state index contributed by atoms with van der Waals surface area (Å²) in [5.41, 5.74) is -0.139. The van der Waals surface area contributed by atoms with Crippen molar-refractivity contribution in [2.45, 2.75) is 44.2 Å². The number of rotatable bonds is 3. The number of benzene rings is 1. The van der Waals surface area contributed by atoms with Gasteiger partial charge in [-0.3, -0.25) is 9.59 Å². The molecule has 1 saturated heterocycles. The Bertz CT molecular complexity index is 608. The minimum atomic E-state index is -0.840. The molecule has 1 aliphatic carbocycles. The van der Waals surface area contributed by atoms with Crippen LogP contribution in [-0.4, -0.2) is 34.3 Å². The fourth-order valence-electron chi connectivity index (χ4n) is 3.20. The van der Waals surface area contributed by atoms with Crippen molar-refractivity contribution in [2.24, 2.45) is 0 Å². The van der Waals surface area contributed by atoms with Crippen LogP contribution in [0.25, 0.3) is 0 Å². The van der Waals surface area contributed by atoms with Crippen LogP contribution in [0.3, 0.4) is 0 Å². The SMILES string of the molecule is CC(C(=O)Nc1ccccc1)N1C(=O)NC2(CCCC2)C1=O. The van der Waals surface area contributed by atoms with E-state index in [4.69, 9.17) is 0 Å². The topological polar surface area (TPSA) is 78.5 Å². The molecule has 1 aliphatic heterocycles. The van der Waals surface area contributed by atoms with Gasteiger partial charge in [0, 0.05) is 5.69 Å². The summed E-state index contributed by atoms with van der Waals surface area (Å²) in [6.07, 6.45) is 3.15. The van der Waals surface area contributed by atoms with Gasteiger partial charge in [0.05, 0.1) is 0 Å². The molecular formula is C16H19N3O3. The standard InChI is InChI=1S/C16H19N3O3/c1-11(13(20)17-12-7-3-2-4-8-12)19-14(21)16(18-15(19)22)9-5-6-10-16/h2-4,7-8,11H,5-6,9-10H2,1H3,(H,17,20)(H,18,22). The van der Waals surface area contributed by atoms with Gasteiger partial charge < -0.3 is 10.6 Å². The van der Waals surface area contributed by atoms with Crippen molar-refractivity contribution < 1.29 is 14.4 Å². The lowest BCUT2D eigenvalue weighted by Gasteiger charge is -2.23. The third kappa shape index (κ3) is 2.34. The van der Waals surface area contributed by atoms with Crippen molar-refractivity contribution >= 4 is 23.5 Å². The maximum atomic E-state index is 12.6. The minimum absolute atomic E-state index is 0.272. The van der Waals surface area contributed by atoms with Crippen LogP contribution in [0.1, 0.15) is 32.6 Å². The summed E-state index contributed by atoms with van der Waals surface area (Å²) in [6, 6.07) is 7.67. The van der Waals surface area contributed by atoms with Gasteiger partial charge in [-0.15, -0.1) is 0 Å². The molecule has 1 heterocycles. The maximum absolute atomic E-state index is 12.6. The van der Waals surface area contributed by atoms with Gasteiger partial charge in [0.25, 0.3) is 5.91 Å². The fourth-order valence-corrected chi connectivity index (χ4v) is 3.20. The molecule has 2 fully saturated rings. The molecule has 3 rings (SSSR count). The number of carbonyl (C=O) groups excluding carboxylic acids is 3. The van der Waals surface area contributed by atoms with Crippen LogP contribution < -0.4 is 10.6 Å². The van der Waals surface area contributed by atoms with Gasteiger partial charge in [0.1, 0.15) is 11.6 Å². The number of urea groups is 1. The van der Waals surface area contributed by atoms with E-state index in [-0.39, 0.29) is 11.8 Å². The Balaban J connectivity index is 1.74. The van der Waals surface area contributed by atoms with Crippen molar-refractivity contribution in [3.8, 4) is 0 Å². The van der Waals surface area contributed by atoms with E-state index in [0.29, 0.717) is 18.5 Å². The molecule has 0 aromatic heterocycles. The first-order valence-corrected chi connectivity index (χ1v) is 7.55. The van der Waals surface area contributed by atoms with E-state index in [1.54, 1.807) is 19.1 Å². The highest BCUT2D eigenvalue weighted by Crippen LogP contribution is 2.35. The predicted molar refractivity (Wildman–Crippen MR) is 81.1 cm³/mol. The zero-order valence-electron chi connectivity index (χ0n) is 12.5. The molecule has 116 valence electrons. The molecule has 6 nitrogen and oxygen atoms in total. The molecular weight excluding hydrogens is 282 g/mol. The van der Waals surface area contributed by atoms with Crippen molar-refractivity contribution in [3.05, 3.63) is 30.3 Å². The number of imide groups is 1. The Morgan fingerprint density at radius 3 is 2.50 bits per heavy atom. The van der Waals surface area contributed by atoms with Crippen LogP contribution in [-0.2, 0) is 9.59 Å². The third-order valence-electron chi connectivity index (χ3n) is 4.46. The van der Waals surface area contributed by atoms with Crippen LogP contribution in [0.4, 0.5) is 10.5 Å². The monoisotopic (exact) mass is 301 g/mol.